The van der Waals surface area contributed by atoms with Crippen LogP contribution in [0.1, 0.15) is 32.9 Å². The van der Waals surface area contributed by atoms with Gasteiger partial charge in [-0.3, -0.25) is 4.79 Å². The van der Waals surface area contributed by atoms with Crippen LogP contribution < -0.4 is 10.1 Å². The lowest BCUT2D eigenvalue weighted by molar-refractivity contribution is -0.124. The lowest BCUT2D eigenvalue weighted by Crippen LogP contribution is -2.29. The van der Waals surface area contributed by atoms with Gasteiger partial charge in [-0.25, -0.2) is 4.98 Å². The van der Waals surface area contributed by atoms with Gasteiger partial charge < -0.3 is 14.5 Å². The second-order valence-corrected chi connectivity index (χ2v) is 6.71. The highest BCUT2D eigenvalue weighted by atomic mass is 16.5. The van der Waals surface area contributed by atoms with Gasteiger partial charge in [-0.05, 0) is 30.7 Å². The second kappa shape index (κ2) is 6.97. The molecule has 0 fully saturated rings. The summed E-state index contributed by atoms with van der Waals surface area (Å²) in [5.74, 6) is 0.705. The summed E-state index contributed by atoms with van der Waals surface area (Å²) >= 11 is 0. The number of anilines is 1. The number of imidazole rings is 1. The van der Waals surface area contributed by atoms with Gasteiger partial charge in [0.15, 0.2) is 0 Å². The van der Waals surface area contributed by atoms with Crippen molar-refractivity contribution >= 4 is 17.2 Å². The van der Waals surface area contributed by atoms with Gasteiger partial charge in [0.2, 0.25) is 5.91 Å². The highest BCUT2D eigenvalue weighted by Gasteiger charge is 2.25. The highest BCUT2D eigenvalue weighted by Crippen LogP contribution is 2.24. The van der Waals surface area contributed by atoms with E-state index in [4.69, 9.17) is 4.74 Å². The number of benzene rings is 1. The number of nitrogens with one attached hydrogen (secondary N) is 1. The van der Waals surface area contributed by atoms with Crippen molar-refractivity contribution in [2.45, 2.75) is 33.8 Å². The van der Waals surface area contributed by atoms with Crippen molar-refractivity contribution in [1.82, 2.24) is 9.38 Å². The van der Waals surface area contributed by atoms with E-state index in [1.807, 2.05) is 80.0 Å². The van der Waals surface area contributed by atoms with Crippen molar-refractivity contribution in [3.63, 3.8) is 0 Å². The molecule has 0 saturated carbocycles. The van der Waals surface area contributed by atoms with Crippen LogP contribution in [0.3, 0.4) is 0 Å². The number of pyridine rings is 1. The molecule has 5 nitrogen and oxygen atoms in total. The Morgan fingerprint density at radius 2 is 2.08 bits per heavy atom. The Bertz CT molecular complexity index is 850. The number of ether oxygens (including phenoxy) is 1. The maximum absolute atomic E-state index is 12.3. The van der Waals surface area contributed by atoms with E-state index in [2.05, 4.69) is 10.3 Å². The van der Waals surface area contributed by atoms with Crippen LogP contribution in [0, 0.1) is 5.41 Å². The Morgan fingerprint density at radius 3 is 2.84 bits per heavy atom. The third kappa shape index (κ3) is 3.99. The molecule has 3 rings (SSSR count). The largest absolute Gasteiger partial charge is 0.487 e. The zero-order valence-corrected chi connectivity index (χ0v) is 14.8. The first kappa shape index (κ1) is 17.0. The van der Waals surface area contributed by atoms with Crippen LogP contribution in [-0.2, 0) is 11.4 Å². The molecule has 130 valence electrons. The molecule has 0 aliphatic heterocycles. The van der Waals surface area contributed by atoms with Gasteiger partial charge in [0.05, 0.1) is 5.69 Å². The van der Waals surface area contributed by atoms with Crippen molar-refractivity contribution in [2.24, 2.45) is 5.41 Å². The van der Waals surface area contributed by atoms with Crippen molar-refractivity contribution in [3.8, 4) is 5.75 Å². The van der Waals surface area contributed by atoms with Crippen LogP contribution in [0.4, 0.5) is 5.69 Å². The van der Waals surface area contributed by atoms with E-state index in [0.29, 0.717) is 12.4 Å². The van der Waals surface area contributed by atoms with E-state index in [9.17, 15) is 4.79 Å². The molecule has 5 heteroatoms. The average Bonchev–Trinajstić information content (AvgIpc) is 3.03. The van der Waals surface area contributed by atoms with Crippen LogP contribution in [0.25, 0.3) is 5.65 Å². The highest BCUT2D eigenvalue weighted by molar-refractivity contribution is 5.94. The quantitative estimate of drug-likeness (QED) is 0.730. The minimum absolute atomic E-state index is 0.00695. The van der Waals surface area contributed by atoms with Crippen molar-refractivity contribution in [3.05, 3.63) is 60.6 Å². The summed E-state index contributed by atoms with van der Waals surface area (Å²) in [6.45, 7) is 6.26. The third-order valence-electron chi connectivity index (χ3n) is 4.39. The fraction of sp³-hybridized carbons (Fsp3) is 0.300. The maximum atomic E-state index is 12.3. The van der Waals surface area contributed by atoms with E-state index < -0.39 is 5.41 Å². The van der Waals surface area contributed by atoms with Crippen LogP contribution in [-0.4, -0.2) is 15.3 Å². The topological polar surface area (TPSA) is 55.6 Å². The number of carbonyl (C=O) groups is 1. The summed E-state index contributed by atoms with van der Waals surface area (Å²) in [7, 11) is 0. The number of carbonyl (C=O) groups excluding carboxylic acids is 1. The zero-order chi connectivity index (χ0) is 17.9. The monoisotopic (exact) mass is 337 g/mol. The standard InChI is InChI=1S/C20H23N3O2/c1-4-20(2,3)19(24)22-15-8-7-9-17(12-15)25-14-16-13-23-11-6-5-10-18(23)21-16/h5-13H,4,14H2,1-3H3,(H,22,24). The summed E-state index contributed by atoms with van der Waals surface area (Å²) in [6, 6.07) is 13.3. The molecule has 0 saturated heterocycles. The second-order valence-electron chi connectivity index (χ2n) is 6.71. The molecule has 0 atom stereocenters. The lowest BCUT2D eigenvalue weighted by atomic mass is 9.89. The molecule has 0 unspecified atom stereocenters. The minimum Gasteiger partial charge on any atom is -0.487 e. The Labute approximate surface area is 147 Å². The number of amides is 1. The number of aromatic nitrogens is 2. The van der Waals surface area contributed by atoms with Gasteiger partial charge >= 0.3 is 0 Å². The summed E-state index contributed by atoms with van der Waals surface area (Å²) in [4.78, 5) is 16.8. The molecule has 2 aromatic heterocycles. The van der Waals surface area contributed by atoms with Gasteiger partial charge in [-0.2, -0.15) is 0 Å². The summed E-state index contributed by atoms with van der Waals surface area (Å²) in [6.07, 6.45) is 4.69. The fourth-order valence-electron chi connectivity index (χ4n) is 2.34. The predicted molar refractivity (Wildman–Crippen MR) is 98.7 cm³/mol. The Balaban J connectivity index is 1.66. The van der Waals surface area contributed by atoms with Crippen LogP contribution in [0.15, 0.2) is 54.9 Å². The van der Waals surface area contributed by atoms with Gasteiger partial charge in [-0.1, -0.05) is 32.9 Å². The Morgan fingerprint density at radius 1 is 1.24 bits per heavy atom. The van der Waals surface area contributed by atoms with Crippen molar-refractivity contribution in [2.75, 3.05) is 5.32 Å². The summed E-state index contributed by atoms with van der Waals surface area (Å²) in [5, 5.41) is 2.95. The van der Waals surface area contributed by atoms with E-state index in [1.165, 1.54) is 0 Å². The first-order chi connectivity index (χ1) is 12.0. The van der Waals surface area contributed by atoms with Crippen LogP contribution >= 0.6 is 0 Å². The number of fused-ring (bicyclic) bond motifs is 1. The SMILES string of the molecule is CCC(C)(C)C(=O)Nc1cccc(OCc2cn3ccccc3n2)c1. The molecule has 0 spiro atoms. The average molecular weight is 337 g/mol. The molecular formula is C20H23N3O2. The molecule has 1 amide bonds. The molecule has 25 heavy (non-hydrogen) atoms. The van der Waals surface area contributed by atoms with E-state index in [0.717, 1.165) is 23.4 Å². The zero-order valence-electron chi connectivity index (χ0n) is 14.8. The van der Waals surface area contributed by atoms with Gasteiger partial charge in [-0.15, -0.1) is 0 Å². The van der Waals surface area contributed by atoms with E-state index >= 15 is 0 Å². The minimum atomic E-state index is -0.395. The van der Waals surface area contributed by atoms with Crippen LogP contribution in [0.5, 0.6) is 5.75 Å². The fourth-order valence-corrected chi connectivity index (χ4v) is 2.34. The van der Waals surface area contributed by atoms with E-state index in [1.54, 1.807) is 0 Å². The molecule has 1 N–H and O–H groups in total. The number of hydrogen-bond donors (Lipinski definition) is 1. The van der Waals surface area contributed by atoms with Crippen molar-refractivity contribution in [1.29, 1.82) is 0 Å². The maximum Gasteiger partial charge on any atom is 0.230 e. The van der Waals surface area contributed by atoms with Crippen molar-refractivity contribution < 1.29 is 9.53 Å². The molecule has 0 radical (unpaired) electrons. The van der Waals surface area contributed by atoms with Gasteiger partial charge in [0.1, 0.15) is 18.0 Å². The molecule has 2 heterocycles. The number of nitrogens with zero attached hydrogens (tertiary/aromatic N) is 2. The van der Waals surface area contributed by atoms with E-state index in [-0.39, 0.29) is 5.91 Å². The molecule has 0 aliphatic rings. The molecule has 0 aliphatic carbocycles. The Hall–Kier alpha value is -2.82. The lowest BCUT2D eigenvalue weighted by Gasteiger charge is -2.21. The Kier molecular flexibility index (Phi) is 4.74. The third-order valence-corrected chi connectivity index (χ3v) is 4.39. The normalized spacial score (nSPS) is 11.5. The molecule has 3 aromatic rings. The van der Waals surface area contributed by atoms with Crippen LogP contribution in [0.2, 0.25) is 0 Å². The van der Waals surface area contributed by atoms with Gasteiger partial charge in [0, 0.05) is 29.6 Å². The van der Waals surface area contributed by atoms with Gasteiger partial charge in [0.25, 0.3) is 0 Å². The molecule has 0 bridgehead atoms. The molecular weight excluding hydrogens is 314 g/mol. The first-order valence-electron chi connectivity index (χ1n) is 8.45. The smallest absolute Gasteiger partial charge is 0.230 e. The molecule has 1 aromatic carbocycles. The predicted octanol–water partition coefficient (Wildman–Crippen LogP) is 4.29. The first-order valence-corrected chi connectivity index (χ1v) is 8.45. The number of hydrogen-bond acceptors (Lipinski definition) is 3. The number of rotatable bonds is 6. The summed E-state index contributed by atoms with van der Waals surface area (Å²) < 4.78 is 7.79. The summed E-state index contributed by atoms with van der Waals surface area (Å²) in [5.41, 5.74) is 2.09.